The van der Waals surface area contributed by atoms with Crippen LogP contribution in [0.1, 0.15) is 72.1 Å². The van der Waals surface area contributed by atoms with E-state index in [2.05, 4.69) is 20.1 Å². The summed E-state index contributed by atoms with van der Waals surface area (Å²) >= 11 is 0. The van der Waals surface area contributed by atoms with E-state index in [4.69, 9.17) is 9.47 Å². The number of fused-ring (bicyclic) bond motifs is 1. The predicted molar refractivity (Wildman–Crippen MR) is 137 cm³/mol. The maximum absolute atomic E-state index is 14.1. The molecule has 8 nitrogen and oxygen atoms in total. The standard InChI is InChI=1S/C28H44N2O6/c1-6-10-11-12-19-35-26(34)22-21-24(32)30(17-18-31)23(28(21)15-14-27(22,9-4)36-28)25(33)29(16-8-3)20(5)13-7-2/h6,8,20-23,31H,1,3,7,9-19H2,2,4-5H3/t20?,21-,22-,23?,27+,28?/m0/s1. The Morgan fingerprint density at radius 2 is 2.03 bits per heavy atom. The van der Waals surface area contributed by atoms with Gasteiger partial charge in [0.2, 0.25) is 11.8 Å². The van der Waals surface area contributed by atoms with Crippen LogP contribution in [0.15, 0.2) is 25.3 Å². The molecule has 3 aliphatic rings. The van der Waals surface area contributed by atoms with Crippen molar-refractivity contribution in [2.24, 2.45) is 11.8 Å². The number of β-amino-alcohol motifs (C(OH)–C–C–N with tert-alkyl or cyclic N) is 1. The zero-order chi connectivity index (χ0) is 26.5. The van der Waals surface area contributed by atoms with E-state index in [-0.39, 0.29) is 37.6 Å². The van der Waals surface area contributed by atoms with Gasteiger partial charge in [0.05, 0.1) is 24.7 Å². The lowest BCUT2D eigenvalue weighted by molar-refractivity contribution is -0.162. The Bertz CT molecular complexity index is 846. The lowest BCUT2D eigenvalue weighted by Crippen LogP contribution is -2.58. The number of rotatable bonds is 15. The third-order valence-electron chi connectivity index (χ3n) is 8.40. The molecule has 3 aliphatic heterocycles. The molecule has 0 aromatic rings. The van der Waals surface area contributed by atoms with Crippen LogP contribution in [-0.4, -0.2) is 82.3 Å². The molecule has 1 N–H and O–H groups in total. The van der Waals surface area contributed by atoms with Crippen LogP contribution in [0.2, 0.25) is 0 Å². The smallest absolute Gasteiger partial charge is 0.312 e. The zero-order valence-electron chi connectivity index (χ0n) is 22.2. The normalized spacial score (nSPS) is 31.3. The summed E-state index contributed by atoms with van der Waals surface area (Å²) in [6.45, 7) is 13.9. The molecular weight excluding hydrogens is 460 g/mol. The average Bonchev–Trinajstić information content (AvgIpc) is 3.46. The highest BCUT2D eigenvalue weighted by Crippen LogP contribution is 2.64. The second kappa shape index (κ2) is 11.9. The van der Waals surface area contributed by atoms with Crippen molar-refractivity contribution < 1.29 is 29.0 Å². The molecule has 0 aliphatic carbocycles. The average molecular weight is 505 g/mol. The molecule has 6 atom stereocenters. The van der Waals surface area contributed by atoms with E-state index < -0.39 is 35.0 Å². The number of aliphatic hydroxyl groups is 1. The SMILES string of the molecule is C=CCCCCOC(=O)[C@@H]1[C@H]2C(=O)N(CCO)C(C(=O)N(CC=C)C(C)CCC)C23CC[C@@]1(CC)O3. The van der Waals surface area contributed by atoms with E-state index in [9.17, 15) is 19.5 Å². The number of hydrogen-bond acceptors (Lipinski definition) is 6. The molecule has 3 rings (SSSR count). The zero-order valence-corrected chi connectivity index (χ0v) is 22.2. The number of nitrogens with zero attached hydrogens (tertiary/aromatic N) is 2. The van der Waals surface area contributed by atoms with E-state index in [1.807, 2.05) is 19.9 Å². The van der Waals surface area contributed by atoms with Crippen molar-refractivity contribution >= 4 is 17.8 Å². The number of esters is 1. The van der Waals surface area contributed by atoms with Crippen LogP contribution in [0.25, 0.3) is 0 Å². The molecule has 202 valence electrons. The van der Waals surface area contributed by atoms with Crippen molar-refractivity contribution in [1.29, 1.82) is 0 Å². The Kier molecular flexibility index (Phi) is 9.39. The molecule has 3 saturated heterocycles. The Balaban J connectivity index is 1.96. The first kappa shape index (κ1) is 28.4. The summed E-state index contributed by atoms with van der Waals surface area (Å²) in [7, 11) is 0. The van der Waals surface area contributed by atoms with E-state index >= 15 is 0 Å². The van der Waals surface area contributed by atoms with Gasteiger partial charge in [0, 0.05) is 19.1 Å². The molecule has 3 heterocycles. The highest BCUT2D eigenvalue weighted by molar-refractivity contribution is 5.98. The predicted octanol–water partition coefficient (Wildman–Crippen LogP) is 3.24. The van der Waals surface area contributed by atoms with Crippen molar-refractivity contribution in [3.8, 4) is 0 Å². The monoisotopic (exact) mass is 504 g/mol. The number of carbonyl (C=O) groups excluding carboxylic acids is 3. The van der Waals surface area contributed by atoms with Gasteiger partial charge in [-0.2, -0.15) is 0 Å². The minimum Gasteiger partial charge on any atom is -0.465 e. The molecule has 1 spiro atoms. The first-order chi connectivity index (χ1) is 17.3. The highest BCUT2D eigenvalue weighted by atomic mass is 16.6. The number of carbonyl (C=O) groups is 3. The summed E-state index contributed by atoms with van der Waals surface area (Å²) in [5.41, 5.74) is -1.92. The topological polar surface area (TPSA) is 96.4 Å². The van der Waals surface area contributed by atoms with Gasteiger partial charge < -0.3 is 24.4 Å². The summed E-state index contributed by atoms with van der Waals surface area (Å²) in [4.78, 5) is 44.7. The molecule has 2 bridgehead atoms. The van der Waals surface area contributed by atoms with Crippen molar-refractivity contribution in [2.75, 3.05) is 26.3 Å². The van der Waals surface area contributed by atoms with Crippen LogP contribution in [0.3, 0.4) is 0 Å². The Morgan fingerprint density at radius 1 is 1.28 bits per heavy atom. The van der Waals surface area contributed by atoms with Crippen LogP contribution in [0.5, 0.6) is 0 Å². The first-order valence-electron chi connectivity index (χ1n) is 13.6. The molecule has 0 aromatic carbocycles. The quantitative estimate of drug-likeness (QED) is 0.209. The summed E-state index contributed by atoms with van der Waals surface area (Å²) < 4.78 is 12.4. The fourth-order valence-corrected chi connectivity index (χ4v) is 6.71. The van der Waals surface area contributed by atoms with Crippen LogP contribution in [0.4, 0.5) is 0 Å². The maximum Gasteiger partial charge on any atom is 0.312 e. The van der Waals surface area contributed by atoms with Gasteiger partial charge >= 0.3 is 5.97 Å². The van der Waals surface area contributed by atoms with Crippen molar-refractivity contribution in [2.45, 2.75) is 95.4 Å². The first-order valence-corrected chi connectivity index (χ1v) is 13.6. The number of aliphatic hydroxyl groups excluding tert-OH is 1. The Hall–Kier alpha value is -2.19. The molecular formula is C28H44N2O6. The minimum absolute atomic E-state index is 0.0172. The molecule has 3 unspecified atom stereocenters. The summed E-state index contributed by atoms with van der Waals surface area (Å²) in [5.74, 6) is -2.48. The molecule has 0 aromatic heterocycles. The summed E-state index contributed by atoms with van der Waals surface area (Å²) in [6, 6.07) is -0.933. The van der Waals surface area contributed by atoms with Gasteiger partial charge in [0.15, 0.2) is 0 Å². The number of amides is 2. The summed E-state index contributed by atoms with van der Waals surface area (Å²) in [5, 5.41) is 9.79. The fraction of sp³-hybridized carbons (Fsp3) is 0.750. The van der Waals surface area contributed by atoms with E-state index in [0.717, 1.165) is 32.1 Å². The fourth-order valence-electron chi connectivity index (χ4n) is 6.71. The molecule has 8 heteroatoms. The second-order valence-corrected chi connectivity index (χ2v) is 10.5. The van der Waals surface area contributed by atoms with Gasteiger partial charge in [-0.15, -0.1) is 13.2 Å². The van der Waals surface area contributed by atoms with Crippen LogP contribution < -0.4 is 0 Å². The van der Waals surface area contributed by atoms with E-state index in [1.165, 1.54) is 4.90 Å². The molecule has 2 amide bonds. The van der Waals surface area contributed by atoms with Gasteiger partial charge in [0.25, 0.3) is 0 Å². The van der Waals surface area contributed by atoms with Gasteiger partial charge in [-0.1, -0.05) is 32.4 Å². The lowest BCUT2D eigenvalue weighted by Gasteiger charge is -2.38. The van der Waals surface area contributed by atoms with Crippen molar-refractivity contribution in [3.63, 3.8) is 0 Å². The van der Waals surface area contributed by atoms with Gasteiger partial charge in [-0.05, 0) is 51.9 Å². The second-order valence-electron chi connectivity index (χ2n) is 10.5. The molecule has 0 saturated carbocycles. The molecule has 3 fully saturated rings. The third kappa shape index (κ3) is 4.74. The van der Waals surface area contributed by atoms with Crippen molar-refractivity contribution in [3.05, 3.63) is 25.3 Å². The van der Waals surface area contributed by atoms with Crippen LogP contribution in [0, 0.1) is 11.8 Å². The Morgan fingerprint density at radius 3 is 2.64 bits per heavy atom. The number of unbranched alkanes of at least 4 members (excludes halogenated alkanes) is 2. The van der Waals surface area contributed by atoms with Gasteiger partial charge in [-0.25, -0.2) is 0 Å². The molecule has 36 heavy (non-hydrogen) atoms. The number of ether oxygens (including phenoxy) is 2. The largest absolute Gasteiger partial charge is 0.465 e. The summed E-state index contributed by atoms with van der Waals surface area (Å²) in [6.07, 6.45) is 9.37. The van der Waals surface area contributed by atoms with Crippen LogP contribution in [-0.2, 0) is 23.9 Å². The van der Waals surface area contributed by atoms with Crippen molar-refractivity contribution in [1.82, 2.24) is 9.80 Å². The number of likely N-dealkylation sites (tertiary alicyclic amines) is 1. The molecule has 0 radical (unpaired) electrons. The Labute approximate surface area is 215 Å². The van der Waals surface area contributed by atoms with Gasteiger partial charge in [-0.3, -0.25) is 14.4 Å². The minimum atomic E-state index is -1.10. The van der Waals surface area contributed by atoms with Gasteiger partial charge in [0.1, 0.15) is 17.6 Å². The van der Waals surface area contributed by atoms with E-state index in [0.29, 0.717) is 25.8 Å². The number of allylic oxidation sites excluding steroid dienone is 1. The lowest BCUT2D eigenvalue weighted by atomic mass is 9.65. The van der Waals surface area contributed by atoms with Crippen LogP contribution >= 0.6 is 0 Å². The highest BCUT2D eigenvalue weighted by Gasteiger charge is 2.79. The van der Waals surface area contributed by atoms with E-state index in [1.54, 1.807) is 11.0 Å². The maximum atomic E-state index is 14.1. The third-order valence-corrected chi connectivity index (χ3v) is 8.40. The number of hydrogen-bond donors (Lipinski definition) is 1.